The second-order valence-electron chi connectivity index (χ2n) is 8.35. The Morgan fingerprint density at radius 3 is 2.60 bits per heavy atom. The normalized spacial score (nSPS) is 12.2. The fourth-order valence-corrected chi connectivity index (χ4v) is 3.73. The molecule has 0 saturated heterocycles. The Bertz CT molecular complexity index is 1330. The SMILES string of the molecule is Cc1cccc(-n2cccc2C=Nn2c(C(C)(C)C)nc3ccc(Br)cc3c2=O)c1. The van der Waals surface area contributed by atoms with Crippen LogP contribution in [0.2, 0.25) is 0 Å². The standard InChI is InChI=1S/C24H23BrN4O/c1-16-7-5-8-18(13-16)28-12-6-9-19(28)15-26-29-22(30)20-14-17(25)10-11-21(20)27-23(29)24(2,3)4/h5-15H,1-4H3. The van der Waals surface area contributed by atoms with Gasteiger partial charge in [0, 0.05) is 21.8 Å². The van der Waals surface area contributed by atoms with E-state index >= 15 is 0 Å². The average Bonchev–Trinajstić information content (AvgIpc) is 3.15. The van der Waals surface area contributed by atoms with Crippen LogP contribution in [0.4, 0.5) is 0 Å². The average molecular weight is 463 g/mol. The molecule has 2 heterocycles. The van der Waals surface area contributed by atoms with Crippen LogP contribution in [-0.4, -0.2) is 20.4 Å². The van der Waals surface area contributed by atoms with Crippen LogP contribution in [-0.2, 0) is 5.41 Å². The van der Waals surface area contributed by atoms with E-state index in [9.17, 15) is 4.79 Å². The van der Waals surface area contributed by atoms with Gasteiger partial charge in [-0.1, -0.05) is 48.8 Å². The Morgan fingerprint density at radius 1 is 1.07 bits per heavy atom. The summed E-state index contributed by atoms with van der Waals surface area (Å²) >= 11 is 3.44. The Morgan fingerprint density at radius 2 is 1.87 bits per heavy atom. The van der Waals surface area contributed by atoms with E-state index in [0.29, 0.717) is 16.7 Å². The zero-order valence-electron chi connectivity index (χ0n) is 17.4. The van der Waals surface area contributed by atoms with Gasteiger partial charge in [0.2, 0.25) is 0 Å². The van der Waals surface area contributed by atoms with Crippen molar-refractivity contribution in [3.63, 3.8) is 0 Å². The molecule has 0 aliphatic rings. The van der Waals surface area contributed by atoms with Crippen molar-refractivity contribution in [1.29, 1.82) is 0 Å². The van der Waals surface area contributed by atoms with Crippen molar-refractivity contribution in [3.05, 3.63) is 92.7 Å². The minimum atomic E-state index is -0.351. The molecule has 152 valence electrons. The fraction of sp³-hybridized carbons (Fsp3) is 0.208. The fourth-order valence-electron chi connectivity index (χ4n) is 3.37. The van der Waals surface area contributed by atoms with Crippen LogP contribution in [0.1, 0.15) is 37.9 Å². The van der Waals surface area contributed by atoms with Gasteiger partial charge in [0.15, 0.2) is 0 Å². The van der Waals surface area contributed by atoms with Gasteiger partial charge in [-0.3, -0.25) is 4.79 Å². The van der Waals surface area contributed by atoms with Crippen LogP contribution in [0.15, 0.2) is 75.2 Å². The van der Waals surface area contributed by atoms with E-state index in [0.717, 1.165) is 15.9 Å². The summed E-state index contributed by atoms with van der Waals surface area (Å²) < 4.78 is 4.30. The van der Waals surface area contributed by atoms with Crippen molar-refractivity contribution in [2.45, 2.75) is 33.1 Å². The molecule has 4 rings (SSSR count). The van der Waals surface area contributed by atoms with Crippen LogP contribution in [0, 0.1) is 6.92 Å². The lowest BCUT2D eigenvalue weighted by Gasteiger charge is -2.21. The zero-order valence-corrected chi connectivity index (χ0v) is 19.0. The maximum Gasteiger partial charge on any atom is 0.282 e. The molecular weight excluding hydrogens is 440 g/mol. The molecule has 0 saturated carbocycles. The summed E-state index contributed by atoms with van der Waals surface area (Å²) in [5.74, 6) is 0.618. The van der Waals surface area contributed by atoms with Gasteiger partial charge in [-0.25, -0.2) is 4.98 Å². The van der Waals surface area contributed by atoms with Crippen LogP contribution in [0.25, 0.3) is 16.6 Å². The van der Waals surface area contributed by atoms with Crippen molar-refractivity contribution in [2.24, 2.45) is 5.10 Å². The molecule has 0 unspecified atom stereocenters. The number of rotatable bonds is 3. The smallest absolute Gasteiger partial charge is 0.282 e. The first-order valence-corrected chi connectivity index (χ1v) is 10.5. The largest absolute Gasteiger partial charge is 0.316 e. The van der Waals surface area contributed by atoms with Crippen LogP contribution >= 0.6 is 15.9 Å². The second kappa shape index (κ2) is 7.69. The van der Waals surface area contributed by atoms with Gasteiger partial charge >= 0.3 is 0 Å². The lowest BCUT2D eigenvalue weighted by Crippen LogP contribution is -2.29. The number of halogens is 1. The van der Waals surface area contributed by atoms with Gasteiger partial charge in [0.1, 0.15) is 5.82 Å². The number of fused-ring (bicyclic) bond motifs is 1. The van der Waals surface area contributed by atoms with Crippen LogP contribution < -0.4 is 5.56 Å². The molecule has 5 nitrogen and oxygen atoms in total. The van der Waals surface area contributed by atoms with E-state index < -0.39 is 0 Å². The Kier molecular flexibility index (Phi) is 5.20. The van der Waals surface area contributed by atoms with Crippen molar-refractivity contribution in [1.82, 2.24) is 14.2 Å². The lowest BCUT2D eigenvalue weighted by atomic mass is 9.95. The maximum atomic E-state index is 13.3. The maximum absolute atomic E-state index is 13.3. The predicted octanol–water partition coefficient (Wildman–Crippen LogP) is 5.44. The minimum Gasteiger partial charge on any atom is -0.316 e. The van der Waals surface area contributed by atoms with Crippen molar-refractivity contribution in [3.8, 4) is 5.69 Å². The summed E-state index contributed by atoms with van der Waals surface area (Å²) in [6.45, 7) is 8.15. The summed E-state index contributed by atoms with van der Waals surface area (Å²) in [5, 5.41) is 5.11. The summed E-state index contributed by atoms with van der Waals surface area (Å²) in [6, 6.07) is 17.7. The molecule has 4 aromatic rings. The Balaban J connectivity index is 1.87. The minimum absolute atomic E-state index is 0.184. The number of aryl methyl sites for hydroxylation is 1. The molecule has 0 spiro atoms. The first-order valence-electron chi connectivity index (χ1n) is 9.75. The number of hydrogen-bond acceptors (Lipinski definition) is 3. The molecule has 0 radical (unpaired) electrons. The van der Waals surface area contributed by atoms with Gasteiger partial charge < -0.3 is 4.57 Å². The molecule has 2 aromatic heterocycles. The molecule has 0 N–H and O–H groups in total. The zero-order chi connectivity index (χ0) is 21.5. The number of aromatic nitrogens is 3. The van der Waals surface area contributed by atoms with Gasteiger partial charge in [-0.05, 0) is 55.0 Å². The van der Waals surface area contributed by atoms with Gasteiger partial charge in [0.25, 0.3) is 5.56 Å². The summed E-state index contributed by atoms with van der Waals surface area (Å²) in [7, 11) is 0. The Labute approximate surface area is 183 Å². The van der Waals surface area contributed by atoms with E-state index in [1.54, 1.807) is 12.3 Å². The third kappa shape index (κ3) is 3.87. The summed E-state index contributed by atoms with van der Waals surface area (Å²) in [4.78, 5) is 18.1. The number of hydrogen-bond donors (Lipinski definition) is 0. The van der Waals surface area contributed by atoms with Gasteiger partial charge in [-0.15, -0.1) is 0 Å². The predicted molar refractivity (Wildman–Crippen MR) is 126 cm³/mol. The highest BCUT2D eigenvalue weighted by molar-refractivity contribution is 9.10. The highest BCUT2D eigenvalue weighted by atomic mass is 79.9. The van der Waals surface area contributed by atoms with E-state index in [1.165, 1.54) is 10.2 Å². The lowest BCUT2D eigenvalue weighted by molar-refractivity contribution is 0.506. The topological polar surface area (TPSA) is 52.2 Å². The van der Waals surface area contributed by atoms with Crippen molar-refractivity contribution >= 4 is 33.0 Å². The first kappa shape index (κ1) is 20.3. The van der Waals surface area contributed by atoms with Crippen LogP contribution in [0.5, 0.6) is 0 Å². The summed E-state index contributed by atoms with van der Waals surface area (Å²) in [5.41, 5.74) is 3.24. The molecule has 30 heavy (non-hydrogen) atoms. The molecule has 0 amide bonds. The highest BCUT2D eigenvalue weighted by Crippen LogP contribution is 2.23. The van der Waals surface area contributed by atoms with E-state index in [2.05, 4.69) is 40.1 Å². The monoisotopic (exact) mass is 462 g/mol. The molecule has 0 atom stereocenters. The van der Waals surface area contributed by atoms with Gasteiger partial charge in [0.05, 0.1) is 22.8 Å². The van der Waals surface area contributed by atoms with E-state index in [-0.39, 0.29) is 11.0 Å². The molecule has 0 aliphatic carbocycles. The second-order valence-corrected chi connectivity index (χ2v) is 9.27. The van der Waals surface area contributed by atoms with E-state index in [1.807, 2.05) is 67.9 Å². The van der Waals surface area contributed by atoms with Gasteiger partial charge in [-0.2, -0.15) is 9.78 Å². The molecule has 2 aromatic carbocycles. The molecule has 0 aliphatic heterocycles. The highest BCUT2D eigenvalue weighted by Gasteiger charge is 2.23. The molecule has 6 heteroatoms. The van der Waals surface area contributed by atoms with Crippen molar-refractivity contribution in [2.75, 3.05) is 0 Å². The third-order valence-electron chi connectivity index (χ3n) is 4.84. The Hall–Kier alpha value is -2.99. The van der Waals surface area contributed by atoms with Crippen LogP contribution in [0.3, 0.4) is 0 Å². The summed E-state index contributed by atoms with van der Waals surface area (Å²) in [6.07, 6.45) is 3.70. The third-order valence-corrected chi connectivity index (χ3v) is 5.34. The molecule has 0 fully saturated rings. The number of nitrogens with zero attached hydrogens (tertiary/aromatic N) is 4. The first-order chi connectivity index (χ1) is 14.2. The van der Waals surface area contributed by atoms with Crippen molar-refractivity contribution < 1.29 is 0 Å². The molecule has 0 bridgehead atoms. The number of benzene rings is 2. The molecular formula is C24H23BrN4O. The van der Waals surface area contributed by atoms with E-state index in [4.69, 9.17) is 4.98 Å². The quantitative estimate of drug-likeness (QED) is 0.380.